The number of nitrogens with zero attached hydrogens (tertiary/aromatic N) is 2. The lowest BCUT2D eigenvalue weighted by atomic mass is 9.96. The standard InChI is InChI=1S/C20H28N4O4/c1-14-7-8-15(13-18(14)24(27)28)19(25)23-11-9-17(10-12-23)22-20(26)21-16-5-3-2-4-6-16/h7-8,13,16-17H,2-6,9-12H2,1H3,(H2,21,22,26). The van der Waals surface area contributed by atoms with Gasteiger partial charge in [-0.25, -0.2) is 4.79 Å². The van der Waals surface area contributed by atoms with E-state index >= 15 is 0 Å². The van der Waals surface area contributed by atoms with E-state index in [9.17, 15) is 19.7 Å². The van der Waals surface area contributed by atoms with Gasteiger partial charge >= 0.3 is 6.03 Å². The van der Waals surface area contributed by atoms with Crippen LogP contribution in [-0.4, -0.2) is 46.9 Å². The van der Waals surface area contributed by atoms with Crippen molar-refractivity contribution in [1.82, 2.24) is 15.5 Å². The fourth-order valence-electron chi connectivity index (χ4n) is 4.01. The molecule has 8 nitrogen and oxygen atoms in total. The molecule has 152 valence electrons. The van der Waals surface area contributed by atoms with Crippen LogP contribution in [0.25, 0.3) is 0 Å². The Morgan fingerprint density at radius 3 is 2.25 bits per heavy atom. The Labute approximate surface area is 164 Å². The second kappa shape index (κ2) is 9.03. The van der Waals surface area contributed by atoms with Crippen molar-refractivity contribution in [2.75, 3.05) is 13.1 Å². The summed E-state index contributed by atoms with van der Waals surface area (Å²) in [6.07, 6.45) is 7.03. The topological polar surface area (TPSA) is 105 Å². The number of likely N-dealkylation sites (tertiary alicyclic amines) is 1. The Bertz CT molecular complexity index is 738. The van der Waals surface area contributed by atoms with Gasteiger partial charge in [0, 0.05) is 42.4 Å². The highest BCUT2D eigenvalue weighted by atomic mass is 16.6. The Kier molecular flexibility index (Phi) is 6.49. The number of hydrogen-bond acceptors (Lipinski definition) is 4. The summed E-state index contributed by atoms with van der Waals surface area (Å²) < 4.78 is 0. The second-order valence-electron chi connectivity index (χ2n) is 7.78. The Morgan fingerprint density at radius 2 is 1.64 bits per heavy atom. The van der Waals surface area contributed by atoms with Crippen molar-refractivity contribution in [1.29, 1.82) is 0 Å². The van der Waals surface area contributed by atoms with Crippen molar-refractivity contribution < 1.29 is 14.5 Å². The number of urea groups is 1. The molecule has 2 aliphatic rings. The summed E-state index contributed by atoms with van der Waals surface area (Å²) in [4.78, 5) is 37.2. The minimum absolute atomic E-state index is 0.0400. The predicted molar refractivity (Wildman–Crippen MR) is 105 cm³/mol. The van der Waals surface area contributed by atoms with Crippen LogP contribution in [0.5, 0.6) is 0 Å². The number of nitro benzene ring substituents is 1. The molecule has 1 aliphatic carbocycles. The number of benzene rings is 1. The first-order valence-electron chi connectivity index (χ1n) is 10.1. The molecule has 3 amide bonds. The van der Waals surface area contributed by atoms with Gasteiger partial charge in [-0.05, 0) is 38.7 Å². The van der Waals surface area contributed by atoms with Gasteiger partial charge in [0.25, 0.3) is 11.6 Å². The van der Waals surface area contributed by atoms with Crippen LogP contribution in [0.3, 0.4) is 0 Å². The number of hydrogen-bond donors (Lipinski definition) is 2. The molecule has 0 atom stereocenters. The maximum absolute atomic E-state index is 12.7. The summed E-state index contributed by atoms with van der Waals surface area (Å²) in [5.41, 5.74) is 0.828. The van der Waals surface area contributed by atoms with E-state index in [1.165, 1.54) is 25.3 Å². The van der Waals surface area contributed by atoms with Gasteiger partial charge in [0.1, 0.15) is 0 Å². The molecule has 0 bridgehead atoms. The van der Waals surface area contributed by atoms with Gasteiger partial charge in [0.05, 0.1) is 4.92 Å². The summed E-state index contributed by atoms with van der Waals surface area (Å²) in [5, 5.41) is 17.2. The van der Waals surface area contributed by atoms with E-state index in [0.29, 0.717) is 37.1 Å². The van der Waals surface area contributed by atoms with Crippen molar-refractivity contribution in [3.63, 3.8) is 0 Å². The minimum Gasteiger partial charge on any atom is -0.338 e. The van der Waals surface area contributed by atoms with Crippen LogP contribution < -0.4 is 10.6 Å². The smallest absolute Gasteiger partial charge is 0.315 e. The molecule has 1 aromatic carbocycles. The molecular formula is C20H28N4O4. The van der Waals surface area contributed by atoms with Gasteiger partial charge in [-0.2, -0.15) is 0 Å². The molecule has 2 N–H and O–H groups in total. The molecular weight excluding hydrogens is 360 g/mol. The number of carbonyl (C=O) groups is 2. The first-order chi connectivity index (χ1) is 13.4. The first kappa shape index (κ1) is 20.1. The molecule has 1 aromatic rings. The zero-order chi connectivity index (χ0) is 20.1. The molecule has 0 spiro atoms. The number of nitro groups is 1. The van der Waals surface area contributed by atoms with E-state index in [0.717, 1.165) is 12.8 Å². The molecule has 1 saturated carbocycles. The SMILES string of the molecule is Cc1ccc(C(=O)N2CCC(NC(=O)NC3CCCCC3)CC2)cc1[N+](=O)[O-]. The first-order valence-corrected chi connectivity index (χ1v) is 10.1. The molecule has 28 heavy (non-hydrogen) atoms. The third kappa shape index (κ3) is 4.99. The lowest BCUT2D eigenvalue weighted by Crippen LogP contribution is -2.51. The van der Waals surface area contributed by atoms with Crippen LogP contribution in [0.2, 0.25) is 0 Å². The average molecular weight is 388 g/mol. The summed E-state index contributed by atoms with van der Waals surface area (Å²) in [5.74, 6) is -0.201. The monoisotopic (exact) mass is 388 g/mol. The highest BCUT2D eigenvalue weighted by Crippen LogP contribution is 2.22. The van der Waals surface area contributed by atoms with Crippen molar-refractivity contribution in [3.05, 3.63) is 39.4 Å². The van der Waals surface area contributed by atoms with Gasteiger partial charge in [0.2, 0.25) is 0 Å². The van der Waals surface area contributed by atoms with Crippen LogP contribution >= 0.6 is 0 Å². The van der Waals surface area contributed by atoms with Crippen molar-refractivity contribution in [3.8, 4) is 0 Å². The van der Waals surface area contributed by atoms with Crippen LogP contribution in [-0.2, 0) is 0 Å². The number of piperidine rings is 1. The van der Waals surface area contributed by atoms with Gasteiger partial charge in [0.15, 0.2) is 0 Å². The molecule has 3 rings (SSSR count). The van der Waals surface area contributed by atoms with Gasteiger partial charge in [-0.15, -0.1) is 0 Å². The highest BCUT2D eigenvalue weighted by Gasteiger charge is 2.26. The third-order valence-electron chi connectivity index (χ3n) is 5.71. The van der Waals surface area contributed by atoms with E-state index in [-0.39, 0.29) is 29.7 Å². The zero-order valence-corrected chi connectivity index (χ0v) is 16.3. The highest BCUT2D eigenvalue weighted by molar-refractivity contribution is 5.95. The minimum atomic E-state index is -0.465. The van der Waals surface area contributed by atoms with Crippen LogP contribution in [0.4, 0.5) is 10.5 Å². The van der Waals surface area contributed by atoms with Crippen molar-refractivity contribution >= 4 is 17.6 Å². The summed E-state index contributed by atoms with van der Waals surface area (Å²) >= 11 is 0. The van der Waals surface area contributed by atoms with E-state index in [4.69, 9.17) is 0 Å². The normalized spacial score (nSPS) is 18.5. The van der Waals surface area contributed by atoms with Crippen LogP contribution in [0.15, 0.2) is 18.2 Å². The van der Waals surface area contributed by atoms with E-state index in [1.807, 2.05) is 0 Å². The number of nitrogens with one attached hydrogen (secondary N) is 2. The molecule has 0 radical (unpaired) electrons. The van der Waals surface area contributed by atoms with Crippen molar-refractivity contribution in [2.24, 2.45) is 0 Å². The number of rotatable bonds is 4. The summed E-state index contributed by atoms with van der Waals surface area (Å²) in [6.45, 7) is 2.70. The predicted octanol–water partition coefficient (Wildman–Crippen LogP) is 3.14. The number of aryl methyl sites for hydroxylation is 1. The number of carbonyl (C=O) groups excluding carboxylic acids is 2. The molecule has 2 fully saturated rings. The fourth-order valence-corrected chi connectivity index (χ4v) is 4.01. The van der Waals surface area contributed by atoms with E-state index in [2.05, 4.69) is 10.6 Å². The lowest BCUT2D eigenvalue weighted by Gasteiger charge is -2.33. The molecule has 1 heterocycles. The van der Waals surface area contributed by atoms with Gasteiger partial charge < -0.3 is 15.5 Å². The van der Waals surface area contributed by atoms with Crippen LogP contribution in [0.1, 0.15) is 60.9 Å². The zero-order valence-electron chi connectivity index (χ0n) is 16.3. The summed E-state index contributed by atoms with van der Waals surface area (Å²) in [6, 6.07) is 4.78. The average Bonchev–Trinajstić information content (AvgIpc) is 2.69. The van der Waals surface area contributed by atoms with Gasteiger partial charge in [-0.3, -0.25) is 14.9 Å². The summed E-state index contributed by atoms with van der Waals surface area (Å²) in [7, 11) is 0. The number of amides is 3. The van der Waals surface area contributed by atoms with E-state index < -0.39 is 4.92 Å². The lowest BCUT2D eigenvalue weighted by molar-refractivity contribution is -0.385. The second-order valence-corrected chi connectivity index (χ2v) is 7.78. The molecule has 8 heteroatoms. The Morgan fingerprint density at radius 1 is 1.04 bits per heavy atom. The van der Waals surface area contributed by atoms with Crippen molar-refractivity contribution in [2.45, 2.75) is 64.0 Å². The molecule has 1 aliphatic heterocycles. The van der Waals surface area contributed by atoms with Gasteiger partial charge in [-0.1, -0.05) is 25.3 Å². The van der Waals surface area contributed by atoms with Crippen LogP contribution in [0, 0.1) is 17.0 Å². The maximum atomic E-state index is 12.7. The Hall–Kier alpha value is -2.64. The largest absolute Gasteiger partial charge is 0.338 e. The molecule has 0 aromatic heterocycles. The molecule has 0 unspecified atom stereocenters. The third-order valence-corrected chi connectivity index (χ3v) is 5.71. The Balaban J connectivity index is 1.49. The fraction of sp³-hybridized carbons (Fsp3) is 0.600. The molecule has 1 saturated heterocycles. The van der Waals surface area contributed by atoms with E-state index in [1.54, 1.807) is 24.0 Å². The maximum Gasteiger partial charge on any atom is 0.315 e. The quantitative estimate of drug-likeness (QED) is 0.611.